The Hall–Kier alpha value is -3.61. The number of hydrogen-bond donors (Lipinski definition) is 0. The molecular weight excluding hydrogens is 360 g/mol. The van der Waals surface area contributed by atoms with Gasteiger partial charge in [-0.25, -0.2) is 14.6 Å². The summed E-state index contributed by atoms with van der Waals surface area (Å²) in [4.78, 5) is 30.7. The molecule has 1 aliphatic heterocycles. The van der Waals surface area contributed by atoms with Gasteiger partial charge in [-0.1, -0.05) is 12.1 Å². The zero-order valence-corrected chi connectivity index (χ0v) is 16.1. The first kappa shape index (κ1) is 19.2. The van der Waals surface area contributed by atoms with Crippen LogP contribution >= 0.6 is 0 Å². The van der Waals surface area contributed by atoms with Gasteiger partial charge in [0.25, 0.3) is 0 Å². The highest BCUT2D eigenvalue weighted by Gasteiger charge is 2.27. The number of benzene rings is 1. The van der Waals surface area contributed by atoms with E-state index in [1.165, 1.54) is 20.3 Å². The summed E-state index contributed by atoms with van der Waals surface area (Å²) < 4.78 is 15.4. The Labute approximate surface area is 162 Å². The van der Waals surface area contributed by atoms with E-state index in [0.717, 1.165) is 17.0 Å². The van der Waals surface area contributed by atoms with Crippen LogP contribution in [0.4, 0.5) is 5.69 Å². The molecule has 1 aliphatic rings. The zero-order valence-electron chi connectivity index (χ0n) is 16.1. The topological polar surface area (TPSA) is 81.9 Å². The van der Waals surface area contributed by atoms with E-state index in [-0.39, 0.29) is 11.3 Å². The summed E-state index contributed by atoms with van der Waals surface area (Å²) in [6.45, 7) is 3.72. The number of carbonyl (C=O) groups is 2. The SMILES string of the molecule is COC(=O)C1=C(C(=O)OC)N(c2cccc(-c3nc(C)c(C)o3)c2)C=CC=C1. The van der Waals surface area contributed by atoms with Gasteiger partial charge in [-0.2, -0.15) is 0 Å². The molecule has 0 unspecified atom stereocenters. The predicted molar refractivity (Wildman–Crippen MR) is 103 cm³/mol. The number of rotatable bonds is 4. The molecule has 1 aromatic carbocycles. The fourth-order valence-corrected chi connectivity index (χ4v) is 2.75. The van der Waals surface area contributed by atoms with E-state index >= 15 is 0 Å². The van der Waals surface area contributed by atoms with Gasteiger partial charge >= 0.3 is 11.9 Å². The van der Waals surface area contributed by atoms with Crippen molar-refractivity contribution in [2.24, 2.45) is 0 Å². The lowest BCUT2D eigenvalue weighted by atomic mass is 10.1. The number of aromatic nitrogens is 1. The maximum absolute atomic E-state index is 12.5. The second kappa shape index (κ2) is 7.96. The first-order chi connectivity index (χ1) is 13.5. The highest BCUT2D eigenvalue weighted by Crippen LogP contribution is 2.30. The molecule has 0 N–H and O–H groups in total. The van der Waals surface area contributed by atoms with Crippen LogP contribution in [0.2, 0.25) is 0 Å². The summed E-state index contributed by atoms with van der Waals surface area (Å²) in [5, 5.41) is 0. The Bertz CT molecular complexity index is 994. The smallest absolute Gasteiger partial charge is 0.355 e. The van der Waals surface area contributed by atoms with E-state index in [1.807, 2.05) is 32.0 Å². The zero-order chi connectivity index (χ0) is 20.3. The molecular formula is C21H20N2O5. The molecule has 144 valence electrons. The van der Waals surface area contributed by atoms with Crippen LogP contribution in [0.25, 0.3) is 11.5 Å². The molecule has 0 amide bonds. The van der Waals surface area contributed by atoms with Crippen molar-refractivity contribution in [3.05, 3.63) is 71.4 Å². The lowest BCUT2D eigenvalue weighted by Gasteiger charge is -2.23. The van der Waals surface area contributed by atoms with E-state index in [1.54, 1.807) is 29.3 Å². The van der Waals surface area contributed by atoms with Crippen LogP contribution in [0.15, 0.2) is 64.4 Å². The average molecular weight is 380 g/mol. The van der Waals surface area contributed by atoms with E-state index in [4.69, 9.17) is 13.9 Å². The summed E-state index contributed by atoms with van der Waals surface area (Å²) >= 11 is 0. The van der Waals surface area contributed by atoms with Crippen LogP contribution in [0.5, 0.6) is 0 Å². The predicted octanol–water partition coefficient (Wildman–Crippen LogP) is 3.45. The third kappa shape index (κ3) is 3.59. The number of esters is 2. The fraction of sp³-hybridized carbons (Fsp3) is 0.190. The monoisotopic (exact) mass is 380 g/mol. The number of methoxy groups -OCH3 is 2. The number of anilines is 1. The van der Waals surface area contributed by atoms with Crippen molar-refractivity contribution < 1.29 is 23.5 Å². The van der Waals surface area contributed by atoms with Crippen LogP contribution < -0.4 is 4.90 Å². The minimum absolute atomic E-state index is 0.0521. The maximum atomic E-state index is 12.5. The third-order valence-corrected chi connectivity index (χ3v) is 4.29. The molecule has 0 saturated carbocycles. The Morgan fingerprint density at radius 3 is 2.46 bits per heavy atom. The molecule has 0 bridgehead atoms. The van der Waals surface area contributed by atoms with Crippen molar-refractivity contribution in [2.45, 2.75) is 13.8 Å². The molecule has 28 heavy (non-hydrogen) atoms. The van der Waals surface area contributed by atoms with Gasteiger partial charge in [0, 0.05) is 17.5 Å². The van der Waals surface area contributed by atoms with Gasteiger partial charge in [0.15, 0.2) is 0 Å². The van der Waals surface area contributed by atoms with Gasteiger partial charge in [-0.05, 0) is 44.2 Å². The largest absolute Gasteiger partial charge is 0.465 e. The minimum atomic E-state index is -0.662. The van der Waals surface area contributed by atoms with Gasteiger partial charge in [0.2, 0.25) is 5.89 Å². The maximum Gasteiger partial charge on any atom is 0.355 e. The van der Waals surface area contributed by atoms with Crippen LogP contribution in [-0.4, -0.2) is 31.1 Å². The number of ether oxygens (including phenoxy) is 2. The second-order valence-corrected chi connectivity index (χ2v) is 6.03. The molecule has 7 heteroatoms. The van der Waals surface area contributed by atoms with Crippen LogP contribution in [0, 0.1) is 13.8 Å². The summed E-state index contributed by atoms with van der Waals surface area (Å²) in [5.41, 5.74) is 2.32. The van der Waals surface area contributed by atoms with E-state index in [9.17, 15) is 9.59 Å². The van der Waals surface area contributed by atoms with Crippen molar-refractivity contribution in [1.29, 1.82) is 0 Å². The number of allylic oxidation sites excluding steroid dienone is 2. The van der Waals surface area contributed by atoms with Gasteiger partial charge < -0.3 is 18.8 Å². The first-order valence-corrected chi connectivity index (χ1v) is 8.55. The Morgan fingerprint density at radius 1 is 1.07 bits per heavy atom. The second-order valence-electron chi connectivity index (χ2n) is 6.03. The Balaban J connectivity index is 2.13. The van der Waals surface area contributed by atoms with Crippen LogP contribution in [0.3, 0.4) is 0 Å². The third-order valence-electron chi connectivity index (χ3n) is 4.29. The molecule has 0 radical (unpaired) electrons. The normalized spacial score (nSPS) is 13.5. The number of oxazole rings is 1. The molecule has 3 rings (SSSR count). The first-order valence-electron chi connectivity index (χ1n) is 8.55. The molecule has 0 fully saturated rings. The van der Waals surface area contributed by atoms with Gasteiger partial charge in [0.1, 0.15) is 11.5 Å². The molecule has 0 atom stereocenters. The minimum Gasteiger partial charge on any atom is -0.465 e. The van der Waals surface area contributed by atoms with Crippen molar-refractivity contribution >= 4 is 17.6 Å². The Morgan fingerprint density at radius 2 is 1.82 bits per heavy atom. The van der Waals surface area contributed by atoms with E-state index in [2.05, 4.69) is 4.98 Å². The number of aryl methyl sites for hydroxylation is 2. The summed E-state index contributed by atoms with van der Waals surface area (Å²) in [6.07, 6.45) is 6.55. The van der Waals surface area contributed by atoms with Crippen molar-refractivity contribution in [3.8, 4) is 11.5 Å². The average Bonchev–Trinajstić information content (AvgIpc) is 2.92. The molecule has 7 nitrogen and oxygen atoms in total. The van der Waals surface area contributed by atoms with Crippen LogP contribution in [0.1, 0.15) is 11.5 Å². The fourth-order valence-electron chi connectivity index (χ4n) is 2.75. The molecule has 0 spiro atoms. The Kier molecular flexibility index (Phi) is 5.44. The number of hydrogen-bond acceptors (Lipinski definition) is 7. The van der Waals surface area contributed by atoms with Crippen molar-refractivity contribution in [1.82, 2.24) is 4.98 Å². The van der Waals surface area contributed by atoms with Crippen LogP contribution in [-0.2, 0) is 19.1 Å². The van der Waals surface area contributed by atoms with Gasteiger partial charge in [0.05, 0.1) is 25.5 Å². The molecule has 0 aliphatic carbocycles. The summed E-state index contributed by atoms with van der Waals surface area (Å²) in [7, 11) is 2.52. The summed E-state index contributed by atoms with van der Waals surface area (Å²) in [6, 6.07) is 7.30. The lowest BCUT2D eigenvalue weighted by molar-refractivity contribution is -0.139. The molecule has 2 aromatic rings. The van der Waals surface area contributed by atoms with Crippen molar-refractivity contribution in [2.75, 3.05) is 19.1 Å². The quantitative estimate of drug-likeness (QED) is 0.752. The highest BCUT2D eigenvalue weighted by atomic mass is 16.5. The van der Waals surface area contributed by atoms with E-state index in [0.29, 0.717) is 11.6 Å². The summed E-state index contributed by atoms with van der Waals surface area (Å²) in [5.74, 6) is -0.0850. The molecule has 1 aromatic heterocycles. The van der Waals surface area contributed by atoms with Gasteiger partial charge in [-0.3, -0.25) is 0 Å². The van der Waals surface area contributed by atoms with Crippen molar-refractivity contribution in [3.63, 3.8) is 0 Å². The highest BCUT2D eigenvalue weighted by molar-refractivity contribution is 6.05. The number of carbonyl (C=O) groups excluding carboxylic acids is 2. The lowest BCUT2D eigenvalue weighted by Crippen LogP contribution is -2.26. The molecule has 2 heterocycles. The van der Waals surface area contributed by atoms with E-state index < -0.39 is 11.9 Å². The number of nitrogens with zero attached hydrogens (tertiary/aromatic N) is 2. The molecule has 0 saturated heterocycles. The van der Waals surface area contributed by atoms with Gasteiger partial charge in [-0.15, -0.1) is 0 Å². The standard InChI is InChI=1S/C21H20N2O5/c1-13-14(2)28-19(22-13)15-8-7-9-16(12-15)23-11-6-5-10-17(20(24)26-3)18(23)21(25)27-4/h5-12H,1-4H3.